The van der Waals surface area contributed by atoms with Crippen molar-refractivity contribution in [2.75, 3.05) is 36.8 Å². The average Bonchev–Trinajstić information content (AvgIpc) is 3.19. The van der Waals surface area contributed by atoms with Crippen LogP contribution in [0.5, 0.6) is 0 Å². The van der Waals surface area contributed by atoms with E-state index in [0.29, 0.717) is 19.5 Å². The molecule has 0 spiro atoms. The van der Waals surface area contributed by atoms with Crippen LogP contribution in [0.15, 0.2) is 54.9 Å². The van der Waals surface area contributed by atoms with Gasteiger partial charge < -0.3 is 14.2 Å². The number of pyridine rings is 1. The number of benzene rings is 1. The van der Waals surface area contributed by atoms with Crippen molar-refractivity contribution in [1.82, 2.24) is 14.3 Å². The molecule has 1 amide bonds. The summed E-state index contributed by atoms with van der Waals surface area (Å²) in [4.78, 5) is 31.5. The van der Waals surface area contributed by atoms with Crippen molar-refractivity contribution in [2.24, 2.45) is 0 Å². The van der Waals surface area contributed by atoms with Crippen molar-refractivity contribution in [1.29, 1.82) is 0 Å². The van der Waals surface area contributed by atoms with Gasteiger partial charge in [0.15, 0.2) is 0 Å². The largest absolute Gasteiger partial charge is 0.368 e. The second-order valence-electron chi connectivity index (χ2n) is 7.14. The van der Waals surface area contributed by atoms with Gasteiger partial charge in [0, 0.05) is 74.3 Å². The molecule has 0 atom stereocenters. The Morgan fingerprint density at radius 3 is 2.57 bits per heavy atom. The molecule has 0 N–H and O–H groups in total. The van der Waals surface area contributed by atoms with Crippen LogP contribution in [0.3, 0.4) is 0 Å². The topological polar surface area (TPSA) is 84.0 Å². The number of fused-ring (bicyclic) bond motifs is 1. The maximum Gasteiger partial charge on any atom is 0.269 e. The lowest BCUT2D eigenvalue weighted by atomic mass is 10.2. The molecule has 0 saturated carbocycles. The highest BCUT2D eigenvalue weighted by molar-refractivity contribution is 7.98. The highest BCUT2D eigenvalue weighted by Crippen LogP contribution is 2.21. The van der Waals surface area contributed by atoms with E-state index < -0.39 is 4.92 Å². The second-order valence-corrected chi connectivity index (χ2v) is 8.25. The summed E-state index contributed by atoms with van der Waals surface area (Å²) < 4.78 is 2.01. The summed E-state index contributed by atoms with van der Waals surface area (Å²) in [6.45, 7) is 2.82. The predicted molar refractivity (Wildman–Crippen MR) is 118 cm³/mol. The summed E-state index contributed by atoms with van der Waals surface area (Å²) in [6, 6.07) is 12.5. The first-order valence-electron chi connectivity index (χ1n) is 9.88. The molecule has 2 aromatic heterocycles. The van der Waals surface area contributed by atoms with Gasteiger partial charge in [-0.05, 0) is 24.3 Å². The zero-order chi connectivity index (χ0) is 20.9. The zero-order valence-electron chi connectivity index (χ0n) is 16.5. The van der Waals surface area contributed by atoms with Gasteiger partial charge in [-0.15, -0.1) is 0 Å². The van der Waals surface area contributed by atoms with Crippen LogP contribution in [-0.2, 0) is 10.5 Å². The molecule has 4 rings (SSSR count). The molecule has 0 aliphatic carbocycles. The minimum absolute atomic E-state index is 0.0914. The summed E-state index contributed by atoms with van der Waals surface area (Å²) in [5.41, 5.74) is 3.01. The maximum atomic E-state index is 12.5. The van der Waals surface area contributed by atoms with Crippen LogP contribution < -0.4 is 4.90 Å². The Kier molecular flexibility index (Phi) is 6.18. The van der Waals surface area contributed by atoms with Crippen LogP contribution in [0.25, 0.3) is 5.65 Å². The number of hydrogen-bond acceptors (Lipinski definition) is 6. The molecule has 9 heteroatoms. The van der Waals surface area contributed by atoms with E-state index in [4.69, 9.17) is 0 Å². The zero-order valence-corrected chi connectivity index (χ0v) is 17.3. The molecule has 1 aliphatic heterocycles. The first-order chi connectivity index (χ1) is 14.6. The smallest absolute Gasteiger partial charge is 0.269 e. The highest BCUT2D eigenvalue weighted by Gasteiger charge is 2.21. The number of carbonyl (C=O) groups is 1. The quantitative estimate of drug-likeness (QED) is 0.328. The van der Waals surface area contributed by atoms with Crippen molar-refractivity contribution < 1.29 is 9.72 Å². The number of imidazole rings is 1. The van der Waals surface area contributed by atoms with Crippen LogP contribution in [0, 0.1) is 10.1 Å². The SMILES string of the molecule is O=C(CCSCc1cn2ccccc2n1)N1CCN(c2ccc([N+](=O)[O-])cc2)CC1. The van der Waals surface area contributed by atoms with E-state index in [1.807, 2.05) is 39.9 Å². The molecule has 0 unspecified atom stereocenters. The number of nitro benzene ring substituents is 1. The van der Waals surface area contributed by atoms with Crippen molar-refractivity contribution >= 4 is 34.7 Å². The van der Waals surface area contributed by atoms with E-state index >= 15 is 0 Å². The Bertz CT molecular complexity index is 996. The van der Waals surface area contributed by atoms with Crippen molar-refractivity contribution in [3.63, 3.8) is 0 Å². The normalized spacial score (nSPS) is 14.3. The number of anilines is 1. The van der Waals surface area contributed by atoms with E-state index in [-0.39, 0.29) is 11.6 Å². The average molecular weight is 426 g/mol. The van der Waals surface area contributed by atoms with Gasteiger partial charge in [-0.1, -0.05) is 6.07 Å². The number of non-ortho nitro benzene ring substituents is 1. The van der Waals surface area contributed by atoms with Gasteiger partial charge >= 0.3 is 0 Å². The Hall–Kier alpha value is -3.07. The van der Waals surface area contributed by atoms with Crippen molar-refractivity contribution in [2.45, 2.75) is 12.2 Å². The van der Waals surface area contributed by atoms with E-state index in [1.54, 1.807) is 23.9 Å². The van der Waals surface area contributed by atoms with Gasteiger partial charge in [-0.3, -0.25) is 14.9 Å². The number of piperazine rings is 1. The van der Waals surface area contributed by atoms with Gasteiger partial charge in [-0.2, -0.15) is 11.8 Å². The lowest BCUT2D eigenvalue weighted by Crippen LogP contribution is -2.48. The van der Waals surface area contributed by atoms with Gasteiger partial charge in [0.25, 0.3) is 5.69 Å². The van der Waals surface area contributed by atoms with E-state index in [1.165, 1.54) is 12.1 Å². The summed E-state index contributed by atoms with van der Waals surface area (Å²) in [6.07, 6.45) is 4.54. The van der Waals surface area contributed by atoms with E-state index in [2.05, 4.69) is 9.88 Å². The number of carbonyl (C=O) groups excluding carboxylic acids is 1. The fourth-order valence-electron chi connectivity index (χ4n) is 3.55. The van der Waals surface area contributed by atoms with Gasteiger partial charge in [0.1, 0.15) is 5.65 Å². The first-order valence-corrected chi connectivity index (χ1v) is 11.0. The number of amides is 1. The third-order valence-corrected chi connectivity index (χ3v) is 6.17. The molecule has 0 radical (unpaired) electrons. The van der Waals surface area contributed by atoms with Crippen LogP contribution in [0.4, 0.5) is 11.4 Å². The van der Waals surface area contributed by atoms with Gasteiger partial charge in [-0.25, -0.2) is 4.98 Å². The first kappa shape index (κ1) is 20.2. The lowest BCUT2D eigenvalue weighted by Gasteiger charge is -2.36. The molecule has 0 bridgehead atoms. The molecule has 1 aromatic carbocycles. The fraction of sp³-hybridized carbons (Fsp3) is 0.333. The summed E-state index contributed by atoms with van der Waals surface area (Å²) in [7, 11) is 0. The van der Waals surface area contributed by atoms with Gasteiger partial charge in [0.05, 0.1) is 10.6 Å². The number of aromatic nitrogens is 2. The third-order valence-electron chi connectivity index (χ3n) is 5.18. The Morgan fingerprint density at radius 2 is 1.87 bits per heavy atom. The number of thioether (sulfide) groups is 1. The minimum Gasteiger partial charge on any atom is -0.368 e. The summed E-state index contributed by atoms with van der Waals surface area (Å²) in [5.74, 6) is 1.75. The van der Waals surface area contributed by atoms with Crippen molar-refractivity contribution in [3.05, 3.63) is 70.7 Å². The minimum atomic E-state index is -0.395. The number of rotatable bonds is 7. The van der Waals surface area contributed by atoms with E-state index in [9.17, 15) is 14.9 Å². The summed E-state index contributed by atoms with van der Waals surface area (Å²) in [5, 5.41) is 10.8. The number of hydrogen-bond donors (Lipinski definition) is 0. The maximum absolute atomic E-state index is 12.5. The van der Waals surface area contributed by atoms with E-state index in [0.717, 1.165) is 41.6 Å². The molecule has 1 aliphatic rings. The van der Waals surface area contributed by atoms with Crippen LogP contribution in [0.2, 0.25) is 0 Å². The molecular formula is C21H23N5O3S. The van der Waals surface area contributed by atoms with Crippen LogP contribution in [0.1, 0.15) is 12.1 Å². The lowest BCUT2D eigenvalue weighted by molar-refractivity contribution is -0.384. The number of nitro groups is 1. The Morgan fingerprint density at radius 1 is 1.10 bits per heavy atom. The summed E-state index contributed by atoms with van der Waals surface area (Å²) >= 11 is 1.73. The van der Waals surface area contributed by atoms with Crippen molar-refractivity contribution in [3.8, 4) is 0 Å². The number of nitrogens with zero attached hydrogens (tertiary/aromatic N) is 5. The molecule has 3 aromatic rings. The van der Waals surface area contributed by atoms with Crippen LogP contribution >= 0.6 is 11.8 Å². The fourth-order valence-corrected chi connectivity index (χ4v) is 4.36. The monoisotopic (exact) mass is 425 g/mol. The third kappa shape index (κ3) is 4.73. The molecule has 1 saturated heterocycles. The van der Waals surface area contributed by atoms with Gasteiger partial charge in [0.2, 0.25) is 5.91 Å². The molecular weight excluding hydrogens is 402 g/mol. The molecule has 156 valence electrons. The predicted octanol–water partition coefficient (Wildman–Crippen LogP) is 3.21. The highest BCUT2D eigenvalue weighted by atomic mass is 32.2. The van der Waals surface area contributed by atoms with Crippen LogP contribution in [-0.4, -0.2) is 57.0 Å². The molecule has 30 heavy (non-hydrogen) atoms. The Balaban J connectivity index is 1.19. The Labute approximate surface area is 178 Å². The second kappa shape index (κ2) is 9.17. The standard InChI is InChI=1S/C21H23N5O3S/c27-21(8-14-30-16-17-15-25-9-2-1-3-20(25)22-17)24-12-10-23(11-13-24)18-4-6-19(7-5-18)26(28)29/h1-7,9,15H,8,10-14,16H2. The molecule has 8 nitrogen and oxygen atoms in total. The molecule has 1 fully saturated rings. The molecule has 3 heterocycles.